The van der Waals surface area contributed by atoms with Crippen molar-refractivity contribution < 1.29 is 14.3 Å². The van der Waals surface area contributed by atoms with Crippen LogP contribution in [0.25, 0.3) is 0 Å². The first-order valence-corrected chi connectivity index (χ1v) is 8.36. The number of morpholine rings is 1. The van der Waals surface area contributed by atoms with Crippen molar-refractivity contribution >= 4 is 29.3 Å². The Morgan fingerprint density at radius 1 is 1.36 bits per heavy atom. The molecule has 118 valence electrons. The Kier molecular flexibility index (Phi) is 4.97. The van der Waals surface area contributed by atoms with Gasteiger partial charge in [0.15, 0.2) is 0 Å². The maximum absolute atomic E-state index is 12.2. The third-order valence-electron chi connectivity index (χ3n) is 3.69. The van der Waals surface area contributed by atoms with E-state index in [1.165, 1.54) is 11.8 Å². The molecule has 2 N–H and O–H groups in total. The molecule has 7 heteroatoms. The summed E-state index contributed by atoms with van der Waals surface area (Å²) in [6.45, 7) is 4.78. The molecule has 1 aromatic rings. The molecule has 2 aliphatic heterocycles. The van der Waals surface area contributed by atoms with Crippen LogP contribution in [0.5, 0.6) is 0 Å². The average Bonchev–Trinajstić information content (AvgIpc) is 2.55. The number of carbonyl (C=O) groups is 2. The van der Waals surface area contributed by atoms with Crippen LogP contribution >= 0.6 is 11.8 Å². The van der Waals surface area contributed by atoms with Gasteiger partial charge in [-0.3, -0.25) is 14.5 Å². The number of thioether (sulfide) groups is 1. The molecule has 0 bridgehead atoms. The molecule has 0 atom stereocenters. The second-order valence-electron chi connectivity index (χ2n) is 5.26. The van der Waals surface area contributed by atoms with Crippen LogP contribution in [0.15, 0.2) is 23.1 Å². The van der Waals surface area contributed by atoms with Gasteiger partial charge in [-0.2, -0.15) is 0 Å². The number of amides is 2. The normalized spacial score (nSPS) is 18.5. The minimum absolute atomic E-state index is 0.0256. The molecule has 22 heavy (non-hydrogen) atoms. The van der Waals surface area contributed by atoms with Crippen molar-refractivity contribution in [3.05, 3.63) is 23.8 Å². The zero-order valence-electron chi connectivity index (χ0n) is 12.3. The SMILES string of the molecule is O=C1CSc2ccc(C(=O)NCCN3CCOCC3)cc2N1. The van der Waals surface area contributed by atoms with Crippen LogP contribution in [-0.2, 0) is 9.53 Å². The van der Waals surface area contributed by atoms with Gasteiger partial charge in [0.05, 0.1) is 24.7 Å². The highest BCUT2D eigenvalue weighted by molar-refractivity contribution is 8.00. The average molecular weight is 321 g/mol. The third kappa shape index (κ3) is 3.79. The van der Waals surface area contributed by atoms with Crippen LogP contribution in [0.2, 0.25) is 0 Å². The van der Waals surface area contributed by atoms with Gasteiger partial charge in [-0.25, -0.2) is 0 Å². The molecule has 2 amide bonds. The lowest BCUT2D eigenvalue weighted by Gasteiger charge is -2.26. The maximum atomic E-state index is 12.2. The monoisotopic (exact) mass is 321 g/mol. The van der Waals surface area contributed by atoms with Gasteiger partial charge in [0.25, 0.3) is 5.91 Å². The minimum atomic E-state index is -0.110. The number of nitrogens with zero attached hydrogens (tertiary/aromatic N) is 1. The summed E-state index contributed by atoms with van der Waals surface area (Å²) in [4.78, 5) is 26.9. The molecule has 0 saturated carbocycles. The van der Waals surface area contributed by atoms with Crippen LogP contribution in [0.3, 0.4) is 0 Å². The van der Waals surface area contributed by atoms with Crippen LogP contribution in [0.1, 0.15) is 10.4 Å². The summed E-state index contributed by atoms with van der Waals surface area (Å²) in [5.41, 5.74) is 1.30. The number of hydrogen-bond donors (Lipinski definition) is 2. The van der Waals surface area contributed by atoms with E-state index in [0.717, 1.165) is 43.4 Å². The predicted octanol–water partition coefficient (Wildman–Crippen LogP) is 0.793. The molecule has 1 aromatic carbocycles. The predicted molar refractivity (Wildman–Crippen MR) is 85.4 cm³/mol. The first-order valence-electron chi connectivity index (χ1n) is 7.37. The number of nitrogens with one attached hydrogen (secondary N) is 2. The Morgan fingerprint density at radius 2 is 2.18 bits per heavy atom. The molecular formula is C15H19N3O3S. The summed E-state index contributed by atoms with van der Waals surface area (Å²) < 4.78 is 5.29. The van der Waals surface area contributed by atoms with Crippen LogP contribution in [-0.4, -0.2) is 61.9 Å². The lowest BCUT2D eigenvalue weighted by molar-refractivity contribution is -0.113. The van der Waals surface area contributed by atoms with Crippen molar-refractivity contribution in [2.45, 2.75) is 4.90 Å². The minimum Gasteiger partial charge on any atom is -0.379 e. The van der Waals surface area contributed by atoms with Crippen molar-refractivity contribution in [2.24, 2.45) is 0 Å². The first-order chi connectivity index (χ1) is 10.7. The molecule has 3 rings (SSSR count). The molecular weight excluding hydrogens is 302 g/mol. The lowest BCUT2D eigenvalue weighted by atomic mass is 10.2. The van der Waals surface area contributed by atoms with Gasteiger partial charge < -0.3 is 15.4 Å². The van der Waals surface area contributed by atoms with Gasteiger partial charge in [-0.05, 0) is 18.2 Å². The Labute approximate surface area is 133 Å². The van der Waals surface area contributed by atoms with Crippen molar-refractivity contribution in [3.63, 3.8) is 0 Å². The molecule has 1 saturated heterocycles. The van der Waals surface area contributed by atoms with Gasteiger partial charge in [0.1, 0.15) is 0 Å². The molecule has 2 aliphatic rings. The fourth-order valence-electron chi connectivity index (χ4n) is 2.48. The van der Waals surface area contributed by atoms with Gasteiger partial charge >= 0.3 is 0 Å². The third-order valence-corrected chi connectivity index (χ3v) is 4.77. The Balaban J connectivity index is 1.53. The van der Waals surface area contributed by atoms with Crippen LogP contribution in [0, 0.1) is 0 Å². The van der Waals surface area contributed by atoms with Crippen LogP contribution in [0.4, 0.5) is 5.69 Å². The van der Waals surface area contributed by atoms with Gasteiger partial charge in [-0.1, -0.05) is 0 Å². The number of ether oxygens (including phenoxy) is 1. The number of benzene rings is 1. The Bertz CT molecular complexity index is 573. The fourth-order valence-corrected chi connectivity index (χ4v) is 3.27. The highest BCUT2D eigenvalue weighted by Crippen LogP contribution is 2.31. The van der Waals surface area contributed by atoms with E-state index >= 15 is 0 Å². The summed E-state index contributed by atoms with van der Waals surface area (Å²) in [6.07, 6.45) is 0. The van der Waals surface area contributed by atoms with Gasteiger partial charge in [0.2, 0.25) is 5.91 Å². The largest absolute Gasteiger partial charge is 0.379 e. The second kappa shape index (κ2) is 7.13. The molecule has 0 spiro atoms. The fraction of sp³-hybridized carbons (Fsp3) is 0.467. The summed E-state index contributed by atoms with van der Waals surface area (Å²) in [5, 5.41) is 5.72. The van der Waals surface area contributed by atoms with E-state index in [9.17, 15) is 9.59 Å². The smallest absolute Gasteiger partial charge is 0.251 e. The summed E-state index contributed by atoms with van der Waals surface area (Å²) in [6, 6.07) is 5.42. The molecule has 0 unspecified atom stereocenters. The topological polar surface area (TPSA) is 70.7 Å². The summed E-state index contributed by atoms with van der Waals surface area (Å²) >= 11 is 1.49. The molecule has 0 radical (unpaired) electrons. The lowest BCUT2D eigenvalue weighted by Crippen LogP contribution is -2.41. The number of carbonyl (C=O) groups excluding carboxylic acids is 2. The number of anilines is 1. The van der Waals surface area contributed by atoms with E-state index in [0.29, 0.717) is 17.9 Å². The number of rotatable bonds is 4. The number of hydrogen-bond acceptors (Lipinski definition) is 5. The zero-order valence-corrected chi connectivity index (χ0v) is 13.1. The first kappa shape index (κ1) is 15.3. The molecule has 0 aliphatic carbocycles. The highest BCUT2D eigenvalue weighted by atomic mass is 32.2. The Morgan fingerprint density at radius 3 is 3.00 bits per heavy atom. The Hall–Kier alpha value is -1.57. The molecule has 0 aromatic heterocycles. The molecule has 1 fully saturated rings. The van der Waals surface area contributed by atoms with E-state index in [2.05, 4.69) is 15.5 Å². The zero-order chi connectivity index (χ0) is 15.4. The summed E-state index contributed by atoms with van der Waals surface area (Å²) in [5.74, 6) is 0.293. The summed E-state index contributed by atoms with van der Waals surface area (Å²) in [7, 11) is 0. The molecule has 2 heterocycles. The van der Waals surface area contributed by atoms with E-state index in [1.54, 1.807) is 12.1 Å². The van der Waals surface area contributed by atoms with Crippen LogP contribution < -0.4 is 10.6 Å². The van der Waals surface area contributed by atoms with E-state index in [1.807, 2.05) is 6.07 Å². The maximum Gasteiger partial charge on any atom is 0.251 e. The second-order valence-corrected chi connectivity index (χ2v) is 6.27. The van der Waals surface area contributed by atoms with Crippen molar-refractivity contribution in [3.8, 4) is 0 Å². The molecule has 6 nitrogen and oxygen atoms in total. The standard InChI is InChI=1S/C15H19N3O3S/c19-14-10-22-13-2-1-11(9-12(13)17-14)15(20)16-3-4-18-5-7-21-8-6-18/h1-2,9H,3-8,10H2,(H,16,20)(H,17,19). The van der Waals surface area contributed by atoms with E-state index < -0.39 is 0 Å². The van der Waals surface area contributed by atoms with Gasteiger partial charge in [-0.15, -0.1) is 11.8 Å². The van der Waals surface area contributed by atoms with E-state index in [4.69, 9.17) is 4.74 Å². The van der Waals surface area contributed by atoms with Gasteiger partial charge in [0, 0.05) is 36.6 Å². The highest BCUT2D eigenvalue weighted by Gasteiger charge is 2.17. The van der Waals surface area contributed by atoms with Crippen molar-refractivity contribution in [1.29, 1.82) is 0 Å². The number of fused-ring (bicyclic) bond motifs is 1. The van der Waals surface area contributed by atoms with E-state index in [-0.39, 0.29) is 11.8 Å². The van der Waals surface area contributed by atoms with Crippen molar-refractivity contribution in [2.75, 3.05) is 50.5 Å². The quantitative estimate of drug-likeness (QED) is 0.858. The van der Waals surface area contributed by atoms with Crippen molar-refractivity contribution in [1.82, 2.24) is 10.2 Å².